The van der Waals surface area contributed by atoms with Crippen LogP contribution in [-0.2, 0) is 0 Å². The molecule has 0 radical (unpaired) electrons. The summed E-state index contributed by atoms with van der Waals surface area (Å²) < 4.78 is 13.3. The van der Waals surface area contributed by atoms with Crippen molar-refractivity contribution < 1.29 is 4.39 Å². The highest BCUT2D eigenvalue weighted by Gasteiger charge is 2.10. The van der Waals surface area contributed by atoms with Crippen LogP contribution in [0.1, 0.15) is 0 Å². The van der Waals surface area contributed by atoms with Crippen molar-refractivity contribution in [3.8, 4) is 11.1 Å². The van der Waals surface area contributed by atoms with Gasteiger partial charge in [-0.2, -0.15) is 0 Å². The van der Waals surface area contributed by atoms with Gasteiger partial charge in [0.2, 0.25) is 0 Å². The molecule has 0 amide bonds. The fourth-order valence-electron chi connectivity index (χ4n) is 1.34. The zero-order chi connectivity index (χ0) is 12.6. The van der Waals surface area contributed by atoms with E-state index in [0.29, 0.717) is 26.2 Å². The lowest BCUT2D eigenvalue weighted by Gasteiger charge is -2.07. The molecule has 2 nitrogen and oxygen atoms in total. The summed E-state index contributed by atoms with van der Waals surface area (Å²) >= 11 is 17.7. The minimum atomic E-state index is -0.607. The van der Waals surface area contributed by atoms with E-state index in [1.54, 1.807) is 6.07 Å². The fourth-order valence-corrected chi connectivity index (χ4v) is 2.00. The first-order valence-electron chi connectivity index (χ1n) is 4.55. The number of nitrogen functional groups attached to an aromatic ring is 1. The van der Waals surface area contributed by atoms with E-state index in [0.717, 1.165) is 0 Å². The fraction of sp³-hybridized carbons (Fsp3) is 0. The molecule has 1 heterocycles. The Balaban J connectivity index is 2.60. The number of anilines is 1. The second-order valence-electron chi connectivity index (χ2n) is 3.34. The second-order valence-corrected chi connectivity index (χ2v) is 4.56. The van der Waals surface area contributed by atoms with E-state index in [9.17, 15) is 4.39 Å². The molecular formula is C11H6Cl3FN2. The Kier molecular flexibility index (Phi) is 3.43. The van der Waals surface area contributed by atoms with Gasteiger partial charge in [0.25, 0.3) is 0 Å². The maximum Gasteiger partial charge on any atom is 0.165 e. The van der Waals surface area contributed by atoms with Crippen LogP contribution in [0, 0.1) is 5.82 Å². The highest BCUT2D eigenvalue weighted by atomic mass is 35.5. The Morgan fingerprint density at radius 1 is 1.00 bits per heavy atom. The molecule has 0 spiro atoms. The molecule has 0 atom stereocenters. The summed E-state index contributed by atoms with van der Waals surface area (Å²) in [6, 6.07) is 4.29. The van der Waals surface area contributed by atoms with Crippen LogP contribution in [0.25, 0.3) is 11.1 Å². The highest BCUT2D eigenvalue weighted by Crippen LogP contribution is 2.35. The van der Waals surface area contributed by atoms with Crippen molar-refractivity contribution in [2.24, 2.45) is 0 Å². The summed E-state index contributed by atoms with van der Waals surface area (Å²) in [4.78, 5) is 3.72. The molecule has 6 heteroatoms. The molecule has 0 aliphatic rings. The summed E-state index contributed by atoms with van der Waals surface area (Å²) in [7, 11) is 0. The number of hydrogen-bond donors (Lipinski definition) is 1. The van der Waals surface area contributed by atoms with Crippen LogP contribution in [0.4, 0.5) is 10.2 Å². The molecule has 2 aromatic rings. The van der Waals surface area contributed by atoms with E-state index in [2.05, 4.69) is 4.98 Å². The summed E-state index contributed by atoms with van der Waals surface area (Å²) in [6.45, 7) is 0. The van der Waals surface area contributed by atoms with Crippen LogP contribution in [0.3, 0.4) is 0 Å². The zero-order valence-electron chi connectivity index (χ0n) is 8.35. The predicted octanol–water partition coefficient (Wildman–Crippen LogP) is 4.43. The van der Waals surface area contributed by atoms with Crippen molar-refractivity contribution in [2.45, 2.75) is 0 Å². The number of nitrogens with two attached hydrogens (primary N) is 1. The van der Waals surface area contributed by atoms with Crippen LogP contribution in [0.15, 0.2) is 24.4 Å². The average Bonchev–Trinajstić information content (AvgIpc) is 2.27. The van der Waals surface area contributed by atoms with E-state index in [1.807, 2.05) is 0 Å². The Labute approximate surface area is 112 Å². The molecule has 2 N–H and O–H groups in total. The van der Waals surface area contributed by atoms with Gasteiger partial charge in [-0.25, -0.2) is 9.37 Å². The molecule has 0 aliphatic heterocycles. The second kappa shape index (κ2) is 4.69. The number of halogens is 4. The van der Waals surface area contributed by atoms with E-state index in [-0.39, 0.29) is 5.82 Å². The van der Waals surface area contributed by atoms with Gasteiger partial charge in [0.15, 0.2) is 11.6 Å². The zero-order valence-corrected chi connectivity index (χ0v) is 10.6. The largest absolute Gasteiger partial charge is 0.381 e. The third-order valence-corrected chi connectivity index (χ3v) is 3.23. The van der Waals surface area contributed by atoms with Gasteiger partial charge in [-0.15, -0.1) is 0 Å². The van der Waals surface area contributed by atoms with Crippen LogP contribution >= 0.6 is 34.8 Å². The van der Waals surface area contributed by atoms with Crippen LogP contribution < -0.4 is 5.73 Å². The third-order valence-electron chi connectivity index (χ3n) is 2.19. The number of hydrogen-bond acceptors (Lipinski definition) is 2. The normalized spacial score (nSPS) is 10.6. The molecule has 17 heavy (non-hydrogen) atoms. The lowest BCUT2D eigenvalue weighted by atomic mass is 10.1. The smallest absolute Gasteiger partial charge is 0.165 e. The van der Waals surface area contributed by atoms with Crippen molar-refractivity contribution >= 4 is 40.6 Å². The highest BCUT2D eigenvalue weighted by molar-refractivity contribution is 6.44. The maximum absolute atomic E-state index is 13.3. The van der Waals surface area contributed by atoms with Gasteiger partial charge in [0.1, 0.15) is 0 Å². The van der Waals surface area contributed by atoms with Gasteiger partial charge in [-0.3, -0.25) is 0 Å². The molecule has 1 aromatic heterocycles. The van der Waals surface area contributed by atoms with Crippen molar-refractivity contribution in [1.82, 2.24) is 4.98 Å². The molecule has 0 saturated heterocycles. The number of benzene rings is 1. The van der Waals surface area contributed by atoms with E-state index >= 15 is 0 Å². The number of pyridine rings is 1. The van der Waals surface area contributed by atoms with Crippen molar-refractivity contribution in [3.63, 3.8) is 0 Å². The molecular weight excluding hydrogens is 285 g/mol. The first-order chi connectivity index (χ1) is 7.99. The molecule has 0 unspecified atom stereocenters. The Bertz CT molecular complexity index is 587. The molecule has 2 rings (SSSR count). The van der Waals surface area contributed by atoms with E-state index in [1.165, 1.54) is 18.3 Å². The van der Waals surface area contributed by atoms with Gasteiger partial charge in [0, 0.05) is 17.3 Å². The van der Waals surface area contributed by atoms with Crippen molar-refractivity contribution in [2.75, 3.05) is 5.73 Å². The van der Waals surface area contributed by atoms with Gasteiger partial charge in [-0.1, -0.05) is 34.8 Å². The van der Waals surface area contributed by atoms with Crippen molar-refractivity contribution in [3.05, 3.63) is 45.3 Å². The maximum atomic E-state index is 13.3. The molecule has 0 aliphatic carbocycles. The topological polar surface area (TPSA) is 38.9 Å². The average molecular weight is 292 g/mol. The van der Waals surface area contributed by atoms with Gasteiger partial charge in [-0.05, 0) is 18.2 Å². The molecule has 88 valence electrons. The lowest BCUT2D eigenvalue weighted by Crippen LogP contribution is -1.95. The first kappa shape index (κ1) is 12.4. The predicted molar refractivity (Wildman–Crippen MR) is 69.1 cm³/mol. The summed E-state index contributed by atoms with van der Waals surface area (Å²) in [5.74, 6) is -0.769. The minimum absolute atomic E-state index is 0.162. The summed E-state index contributed by atoms with van der Waals surface area (Å²) in [5, 5.41) is 1.04. The van der Waals surface area contributed by atoms with Gasteiger partial charge < -0.3 is 5.73 Å². The first-order valence-corrected chi connectivity index (χ1v) is 5.68. The van der Waals surface area contributed by atoms with Crippen LogP contribution in [0.2, 0.25) is 15.1 Å². The molecule has 0 fully saturated rings. The van der Waals surface area contributed by atoms with E-state index in [4.69, 9.17) is 40.5 Å². The summed E-state index contributed by atoms with van der Waals surface area (Å²) in [6.07, 6.45) is 1.42. The third kappa shape index (κ3) is 2.46. The van der Waals surface area contributed by atoms with Crippen LogP contribution in [-0.4, -0.2) is 4.98 Å². The van der Waals surface area contributed by atoms with Gasteiger partial charge >= 0.3 is 0 Å². The molecule has 0 saturated carbocycles. The minimum Gasteiger partial charge on any atom is -0.381 e. The number of rotatable bonds is 1. The SMILES string of the molecule is Nc1ncc(-c2cc(Cl)c(Cl)cc2Cl)cc1F. The monoisotopic (exact) mass is 290 g/mol. The summed E-state index contributed by atoms with van der Waals surface area (Å²) in [5.41, 5.74) is 6.33. The Hall–Kier alpha value is -1.03. The molecule has 0 bridgehead atoms. The van der Waals surface area contributed by atoms with E-state index < -0.39 is 5.82 Å². The quantitative estimate of drug-likeness (QED) is 0.789. The molecule has 1 aromatic carbocycles. The lowest BCUT2D eigenvalue weighted by molar-refractivity contribution is 0.628. The Morgan fingerprint density at radius 3 is 2.29 bits per heavy atom. The standard InChI is InChI=1S/C11H6Cl3FN2/c12-7-3-9(14)8(13)2-6(7)5-1-10(15)11(16)17-4-5/h1-4H,(H2,16,17). The van der Waals surface area contributed by atoms with Gasteiger partial charge in [0.05, 0.1) is 15.1 Å². The van der Waals surface area contributed by atoms with Crippen LogP contribution in [0.5, 0.6) is 0 Å². The van der Waals surface area contributed by atoms with Crippen molar-refractivity contribution in [1.29, 1.82) is 0 Å². The number of nitrogens with zero attached hydrogens (tertiary/aromatic N) is 1. The Morgan fingerprint density at radius 2 is 1.65 bits per heavy atom. The number of aromatic nitrogens is 1.